The lowest BCUT2D eigenvalue weighted by molar-refractivity contribution is -0.131. The summed E-state index contributed by atoms with van der Waals surface area (Å²) in [5.74, 6) is 1.09. The second-order valence-corrected chi connectivity index (χ2v) is 10.1. The molecular formula is C28H25Cl2N3O5S. The predicted octanol–water partition coefficient (Wildman–Crippen LogP) is 7.09. The Balaban J connectivity index is 1.66. The average molecular weight is 586 g/mol. The van der Waals surface area contributed by atoms with Crippen LogP contribution in [0.5, 0.6) is 17.2 Å². The Morgan fingerprint density at radius 1 is 1.00 bits per heavy atom. The van der Waals surface area contributed by atoms with Crippen LogP contribution in [0.25, 0.3) is 17.5 Å². The van der Waals surface area contributed by atoms with Crippen molar-refractivity contribution in [3.05, 3.63) is 86.7 Å². The third-order valence-electron chi connectivity index (χ3n) is 5.60. The second kappa shape index (κ2) is 12.9. The molecule has 0 unspecified atom stereocenters. The standard InChI is InChI=1S/C28H25Cl2N3O5S/c1-4-33-26(19-12-22(36-2)15-23(13-19)37-3)31-32-28(33)39-25(27(34)35)14-18-11-21(30)8-9-24(18)38-16-17-6-5-7-20(29)10-17/h5-15H,4,16H2,1-3H3,(H,34,35)/b25-14-. The Morgan fingerprint density at radius 2 is 1.72 bits per heavy atom. The van der Waals surface area contributed by atoms with E-state index in [1.807, 2.05) is 35.8 Å². The maximum atomic E-state index is 12.3. The number of thioether (sulfide) groups is 1. The molecule has 202 valence electrons. The van der Waals surface area contributed by atoms with Gasteiger partial charge in [-0.15, -0.1) is 10.2 Å². The quantitative estimate of drug-likeness (QED) is 0.147. The van der Waals surface area contributed by atoms with Crippen LogP contribution in [0.2, 0.25) is 10.0 Å². The number of benzene rings is 3. The molecule has 0 atom stereocenters. The normalized spacial score (nSPS) is 11.4. The molecule has 0 saturated heterocycles. The number of carboxylic acid groups (broad SMARTS) is 1. The Bertz CT molecular complexity index is 1500. The lowest BCUT2D eigenvalue weighted by atomic mass is 10.2. The topological polar surface area (TPSA) is 95.7 Å². The first-order chi connectivity index (χ1) is 18.8. The van der Waals surface area contributed by atoms with E-state index in [1.165, 1.54) is 6.08 Å². The summed E-state index contributed by atoms with van der Waals surface area (Å²) in [6, 6.07) is 17.7. The minimum Gasteiger partial charge on any atom is -0.497 e. The summed E-state index contributed by atoms with van der Waals surface area (Å²) in [5.41, 5.74) is 2.10. The summed E-state index contributed by atoms with van der Waals surface area (Å²) in [7, 11) is 3.13. The fourth-order valence-corrected chi connectivity index (χ4v) is 5.00. The van der Waals surface area contributed by atoms with Gasteiger partial charge in [0.1, 0.15) is 28.8 Å². The molecule has 0 bridgehead atoms. The van der Waals surface area contributed by atoms with Crippen LogP contribution in [0.1, 0.15) is 18.1 Å². The number of methoxy groups -OCH3 is 2. The van der Waals surface area contributed by atoms with Crippen molar-refractivity contribution in [3.8, 4) is 28.6 Å². The van der Waals surface area contributed by atoms with Crippen molar-refractivity contribution in [2.75, 3.05) is 14.2 Å². The summed E-state index contributed by atoms with van der Waals surface area (Å²) in [4.78, 5) is 12.3. The molecule has 3 aromatic carbocycles. The van der Waals surface area contributed by atoms with E-state index in [1.54, 1.807) is 50.6 Å². The lowest BCUT2D eigenvalue weighted by Gasteiger charge is -2.12. The van der Waals surface area contributed by atoms with Gasteiger partial charge in [0, 0.05) is 33.8 Å². The monoisotopic (exact) mass is 585 g/mol. The molecule has 4 aromatic rings. The molecule has 39 heavy (non-hydrogen) atoms. The van der Waals surface area contributed by atoms with Crippen LogP contribution in [0.3, 0.4) is 0 Å². The highest BCUT2D eigenvalue weighted by atomic mass is 35.5. The molecule has 1 N–H and O–H groups in total. The first kappa shape index (κ1) is 28.4. The Morgan fingerprint density at radius 3 is 2.36 bits per heavy atom. The average Bonchev–Trinajstić information content (AvgIpc) is 3.34. The smallest absolute Gasteiger partial charge is 0.342 e. The molecule has 0 aliphatic carbocycles. The summed E-state index contributed by atoms with van der Waals surface area (Å²) >= 11 is 13.3. The number of ether oxygens (including phenoxy) is 3. The minimum absolute atomic E-state index is 0.0155. The van der Waals surface area contributed by atoms with E-state index in [-0.39, 0.29) is 11.5 Å². The number of hydrogen-bond donors (Lipinski definition) is 1. The zero-order valence-corrected chi connectivity index (χ0v) is 23.7. The molecule has 0 aliphatic rings. The van der Waals surface area contributed by atoms with Gasteiger partial charge in [0.15, 0.2) is 11.0 Å². The Labute approximate surface area is 240 Å². The summed E-state index contributed by atoms with van der Waals surface area (Å²) in [6.45, 7) is 2.68. The molecule has 8 nitrogen and oxygen atoms in total. The number of carbonyl (C=O) groups is 1. The SMILES string of the molecule is CCn1c(S/C(=C\c2cc(Cl)ccc2OCc2cccc(Cl)c2)C(=O)O)nnc1-c1cc(OC)cc(OC)c1. The van der Waals surface area contributed by atoms with Gasteiger partial charge < -0.3 is 23.9 Å². The summed E-state index contributed by atoms with van der Waals surface area (Å²) in [6.07, 6.45) is 1.51. The molecule has 0 fully saturated rings. The molecule has 0 saturated carbocycles. The van der Waals surface area contributed by atoms with Gasteiger partial charge in [-0.05, 0) is 72.8 Å². The van der Waals surface area contributed by atoms with Gasteiger partial charge >= 0.3 is 5.97 Å². The van der Waals surface area contributed by atoms with Gasteiger partial charge in [0.05, 0.1) is 14.2 Å². The van der Waals surface area contributed by atoms with Gasteiger partial charge in [0.2, 0.25) is 0 Å². The van der Waals surface area contributed by atoms with Crippen LogP contribution in [0.4, 0.5) is 0 Å². The predicted molar refractivity (Wildman–Crippen MR) is 153 cm³/mol. The number of rotatable bonds is 11. The van der Waals surface area contributed by atoms with Crippen molar-refractivity contribution >= 4 is 47.0 Å². The van der Waals surface area contributed by atoms with Crippen molar-refractivity contribution in [1.82, 2.24) is 14.8 Å². The Hall–Kier alpha value is -3.66. The fourth-order valence-electron chi connectivity index (χ4n) is 3.73. The van der Waals surface area contributed by atoms with Gasteiger partial charge in [0.25, 0.3) is 0 Å². The van der Waals surface area contributed by atoms with E-state index < -0.39 is 5.97 Å². The third kappa shape index (κ3) is 7.06. The van der Waals surface area contributed by atoms with Crippen molar-refractivity contribution in [1.29, 1.82) is 0 Å². The molecule has 0 spiro atoms. The summed E-state index contributed by atoms with van der Waals surface area (Å²) < 4.78 is 18.6. The molecule has 11 heteroatoms. The van der Waals surface area contributed by atoms with Gasteiger partial charge in [-0.3, -0.25) is 0 Å². The molecule has 1 aromatic heterocycles. The van der Waals surface area contributed by atoms with Crippen molar-refractivity contribution < 1.29 is 24.1 Å². The Kier molecular flexibility index (Phi) is 9.40. The number of nitrogens with zero attached hydrogens (tertiary/aromatic N) is 3. The van der Waals surface area contributed by atoms with Crippen LogP contribution in [0.15, 0.2) is 70.7 Å². The maximum Gasteiger partial charge on any atom is 0.342 e. The van der Waals surface area contributed by atoms with E-state index in [2.05, 4.69) is 10.2 Å². The zero-order chi connectivity index (χ0) is 27.9. The van der Waals surface area contributed by atoms with Crippen LogP contribution in [-0.2, 0) is 17.9 Å². The van der Waals surface area contributed by atoms with E-state index >= 15 is 0 Å². The lowest BCUT2D eigenvalue weighted by Crippen LogP contribution is -2.03. The second-order valence-electron chi connectivity index (χ2n) is 8.17. The minimum atomic E-state index is -1.13. The fraction of sp³-hybridized carbons (Fsp3) is 0.179. The molecular weight excluding hydrogens is 561 g/mol. The number of hydrogen-bond acceptors (Lipinski definition) is 7. The summed E-state index contributed by atoms with van der Waals surface area (Å²) in [5, 5.41) is 20.1. The number of halogens is 2. The van der Waals surface area contributed by atoms with Crippen LogP contribution < -0.4 is 14.2 Å². The molecule has 0 aliphatic heterocycles. The zero-order valence-electron chi connectivity index (χ0n) is 21.4. The highest BCUT2D eigenvalue weighted by molar-refractivity contribution is 8.04. The number of aromatic nitrogens is 3. The molecule has 0 amide bonds. The van der Waals surface area contributed by atoms with Crippen LogP contribution in [0, 0.1) is 0 Å². The van der Waals surface area contributed by atoms with E-state index in [4.69, 9.17) is 37.4 Å². The molecule has 1 heterocycles. The molecule has 4 rings (SSSR count). The maximum absolute atomic E-state index is 12.3. The van der Waals surface area contributed by atoms with E-state index in [9.17, 15) is 9.90 Å². The third-order valence-corrected chi connectivity index (χ3v) is 7.06. The van der Waals surface area contributed by atoms with E-state index in [0.717, 1.165) is 22.9 Å². The number of carboxylic acids is 1. The highest BCUT2D eigenvalue weighted by Crippen LogP contribution is 2.35. The first-order valence-electron chi connectivity index (χ1n) is 11.8. The van der Waals surface area contributed by atoms with Crippen molar-refractivity contribution in [3.63, 3.8) is 0 Å². The molecule has 0 radical (unpaired) electrons. The van der Waals surface area contributed by atoms with Gasteiger partial charge in [-0.25, -0.2) is 4.79 Å². The van der Waals surface area contributed by atoms with Crippen LogP contribution in [-0.4, -0.2) is 40.1 Å². The van der Waals surface area contributed by atoms with Crippen LogP contribution >= 0.6 is 35.0 Å². The largest absolute Gasteiger partial charge is 0.497 e. The first-order valence-corrected chi connectivity index (χ1v) is 13.3. The van der Waals surface area contributed by atoms with Crippen molar-refractivity contribution in [2.45, 2.75) is 25.2 Å². The van der Waals surface area contributed by atoms with Crippen molar-refractivity contribution in [2.24, 2.45) is 0 Å². The number of aliphatic carboxylic acids is 1. The van der Waals surface area contributed by atoms with Gasteiger partial charge in [-0.1, -0.05) is 35.3 Å². The van der Waals surface area contributed by atoms with Gasteiger partial charge in [-0.2, -0.15) is 0 Å². The van der Waals surface area contributed by atoms with E-state index in [0.29, 0.717) is 50.4 Å². The highest BCUT2D eigenvalue weighted by Gasteiger charge is 2.20.